The van der Waals surface area contributed by atoms with Crippen LogP contribution >= 0.6 is 0 Å². The minimum absolute atomic E-state index is 0.114. The van der Waals surface area contributed by atoms with Gasteiger partial charge in [-0.15, -0.1) is 0 Å². The summed E-state index contributed by atoms with van der Waals surface area (Å²) in [6, 6.07) is 31.5. The SMILES string of the molecule is CCOC(=O)C(=CNc1ccc(C(=O)OC)c(Cn2nc(C)cc2C)c1)C(=O)OCC.CCOC(=O)c1c[nH]c2cc(Cn3nc(C)cc3C)c(C(=O)OC)cc2c1=O.c1ccc(Oc2ccccc2)cc1. The van der Waals surface area contributed by atoms with Gasteiger partial charge in [0.2, 0.25) is 5.43 Å². The largest absolute Gasteiger partial charge is 0.465 e. The lowest BCUT2D eigenvalue weighted by Gasteiger charge is -2.12. The monoisotopic (exact) mass is 982 g/mol. The molecule has 3 heterocycles. The summed E-state index contributed by atoms with van der Waals surface area (Å²) in [5.41, 5.74) is 5.72. The van der Waals surface area contributed by atoms with Gasteiger partial charge in [-0.05, 0) is 126 Å². The number of benzene rings is 4. The van der Waals surface area contributed by atoms with Crippen molar-refractivity contribution in [3.8, 4) is 11.5 Å². The second-order valence-electron chi connectivity index (χ2n) is 15.7. The first-order valence-corrected chi connectivity index (χ1v) is 22.9. The van der Waals surface area contributed by atoms with Crippen LogP contribution in [0.15, 0.2) is 126 Å². The van der Waals surface area contributed by atoms with Crippen molar-refractivity contribution < 1.29 is 52.4 Å². The van der Waals surface area contributed by atoms with Crippen molar-refractivity contribution in [2.75, 3.05) is 39.4 Å². The molecule has 7 aromatic rings. The highest BCUT2D eigenvalue weighted by Gasteiger charge is 2.22. The molecule has 0 aliphatic heterocycles. The molecule has 0 aliphatic carbocycles. The molecular formula is C54H58N6O12. The molecule has 0 radical (unpaired) electrons. The van der Waals surface area contributed by atoms with Gasteiger partial charge in [-0.1, -0.05) is 36.4 Å². The highest BCUT2D eigenvalue weighted by atomic mass is 16.6. The topological polar surface area (TPSA) is 221 Å². The van der Waals surface area contributed by atoms with Crippen molar-refractivity contribution in [1.82, 2.24) is 24.5 Å². The molecule has 0 atom stereocenters. The van der Waals surface area contributed by atoms with Crippen LogP contribution in [0.25, 0.3) is 10.9 Å². The molecule has 4 aromatic carbocycles. The predicted molar refractivity (Wildman–Crippen MR) is 269 cm³/mol. The number of aryl methyl sites for hydroxylation is 4. The summed E-state index contributed by atoms with van der Waals surface area (Å²) >= 11 is 0. The zero-order chi connectivity index (χ0) is 52.3. The molecule has 18 heteroatoms. The van der Waals surface area contributed by atoms with Crippen molar-refractivity contribution in [2.24, 2.45) is 0 Å². The number of anilines is 1. The third kappa shape index (κ3) is 14.6. The maximum atomic E-state index is 12.7. The highest BCUT2D eigenvalue weighted by molar-refractivity contribution is 6.14. The average Bonchev–Trinajstić information content (AvgIpc) is 3.87. The number of ether oxygens (including phenoxy) is 6. The average molecular weight is 983 g/mol. The van der Waals surface area contributed by atoms with Gasteiger partial charge in [-0.3, -0.25) is 14.2 Å². The van der Waals surface area contributed by atoms with Gasteiger partial charge >= 0.3 is 29.8 Å². The molecule has 376 valence electrons. The van der Waals surface area contributed by atoms with Gasteiger partial charge in [0.25, 0.3) is 0 Å². The fraction of sp³-hybridized carbons (Fsp3) is 0.259. The molecule has 0 bridgehead atoms. The van der Waals surface area contributed by atoms with Gasteiger partial charge in [0.1, 0.15) is 17.1 Å². The standard InChI is InChI=1S/C22H27N3O6.C20H21N3O5.C12H10O/c1-6-30-21(27)19(22(28)31-7-2)12-23-17-8-9-18(20(26)29-5)16(11-17)13-25-15(4)10-14(3)24-25;1-5-28-20(26)16-9-21-17-7-13(10-23-12(3)6-11(2)22-23)14(19(25)27-4)8-15(17)18(16)24;1-3-7-11(8-4-1)13-12-9-5-2-6-10-12/h8-12,23H,6-7,13H2,1-5H3;6-9H,5,10H2,1-4H3,(H,21,24);1-10H. The number of aromatic amines is 1. The zero-order valence-electron chi connectivity index (χ0n) is 41.7. The number of pyridine rings is 1. The Labute approximate surface area is 416 Å². The number of carbonyl (C=O) groups excluding carboxylic acids is 5. The van der Waals surface area contributed by atoms with Crippen LogP contribution in [0.5, 0.6) is 11.5 Å². The Hall–Kier alpha value is -8.80. The molecule has 0 spiro atoms. The van der Waals surface area contributed by atoms with Crippen molar-refractivity contribution in [3.05, 3.63) is 182 Å². The van der Waals surface area contributed by atoms with Gasteiger partial charge in [0, 0.05) is 40.4 Å². The lowest BCUT2D eigenvalue weighted by atomic mass is 10.0. The summed E-state index contributed by atoms with van der Waals surface area (Å²) < 4.78 is 33.6. The van der Waals surface area contributed by atoms with E-state index in [4.69, 9.17) is 28.4 Å². The summed E-state index contributed by atoms with van der Waals surface area (Å²) in [6.45, 7) is 13.6. The number of nitrogens with zero attached hydrogens (tertiary/aromatic N) is 4. The van der Waals surface area contributed by atoms with E-state index in [9.17, 15) is 28.8 Å². The maximum Gasteiger partial charge on any atom is 0.347 e. The molecule has 2 N–H and O–H groups in total. The fourth-order valence-electron chi connectivity index (χ4n) is 7.11. The number of H-pyrrole nitrogens is 1. The van der Waals surface area contributed by atoms with Crippen LogP contribution in [0.1, 0.15) is 85.7 Å². The lowest BCUT2D eigenvalue weighted by Crippen LogP contribution is -2.19. The summed E-state index contributed by atoms with van der Waals surface area (Å²) in [5, 5.41) is 12.0. The van der Waals surface area contributed by atoms with E-state index in [2.05, 4.69) is 20.5 Å². The fourth-order valence-corrected chi connectivity index (χ4v) is 7.11. The molecule has 0 saturated heterocycles. The first-order valence-electron chi connectivity index (χ1n) is 22.9. The first kappa shape index (κ1) is 54.1. The first-order chi connectivity index (χ1) is 34.6. The number of nitrogens with one attached hydrogen (secondary N) is 2. The molecule has 0 amide bonds. The van der Waals surface area contributed by atoms with Crippen LogP contribution in [0, 0.1) is 27.7 Å². The minimum Gasteiger partial charge on any atom is -0.465 e. The van der Waals surface area contributed by atoms with Gasteiger partial charge in [0.05, 0.1) is 69.6 Å². The molecule has 18 nitrogen and oxygen atoms in total. The third-order valence-corrected chi connectivity index (χ3v) is 10.5. The van der Waals surface area contributed by atoms with E-state index in [0.29, 0.717) is 41.0 Å². The summed E-state index contributed by atoms with van der Waals surface area (Å²) in [6.07, 6.45) is 2.56. The quantitative estimate of drug-likeness (QED) is 0.0304. The molecular weight excluding hydrogens is 925 g/mol. The highest BCUT2D eigenvalue weighted by Crippen LogP contribution is 2.23. The number of carbonyl (C=O) groups is 5. The molecule has 0 aliphatic rings. The van der Waals surface area contributed by atoms with Crippen LogP contribution in [-0.4, -0.2) is 88.4 Å². The minimum atomic E-state index is -0.789. The molecule has 3 aromatic heterocycles. The Bertz CT molecular complexity index is 3040. The Balaban J connectivity index is 0.000000215. The van der Waals surface area contributed by atoms with E-state index in [1.165, 1.54) is 32.7 Å². The van der Waals surface area contributed by atoms with E-state index in [1.54, 1.807) is 54.4 Å². The van der Waals surface area contributed by atoms with Gasteiger partial charge < -0.3 is 38.7 Å². The molecule has 0 unspecified atom stereocenters. The van der Waals surface area contributed by atoms with Gasteiger partial charge in [-0.25, -0.2) is 24.0 Å². The smallest absolute Gasteiger partial charge is 0.347 e. The number of hydrogen-bond donors (Lipinski definition) is 2. The second-order valence-corrected chi connectivity index (χ2v) is 15.7. The molecule has 7 rings (SSSR count). The number of methoxy groups -OCH3 is 2. The van der Waals surface area contributed by atoms with Crippen molar-refractivity contribution in [3.63, 3.8) is 0 Å². The third-order valence-electron chi connectivity index (χ3n) is 10.5. The van der Waals surface area contributed by atoms with Crippen LogP contribution in [-0.2, 0) is 46.4 Å². The van der Waals surface area contributed by atoms with Crippen molar-refractivity contribution in [1.29, 1.82) is 0 Å². The Morgan fingerprint density at radius 1 is 0.597 bits per heavy atom. The van der Waals surface area contributed by atoms with E-state index in [-0.39, 0.29) is 41.9 Å². The number of fused-ring (bicyclic) bond motifs is 1. The summed E-state index contributed by atoms with van der Waals surface area (Å²) in [7, 11) is 2.59. The maximum absolute atomic E-state index is 12.7. The van der Waals surface area contributed by atoms with Gasteiger partial charge in [0.15, 0.2) is 5.57 Å². The van der Waals surface area contributed by atoms with Crippen molar-refractivity contribution >= 4 is 46.4 Å². The van der Waals surface area contributed by atoms with Crippen molar-refractivity contribution in [2.45, 2.75) is 61.6 Å². The van der Waals surface area contributed by atoms with Gasteiger partial charge in [-0.2, -0.15) is 10.2 Å². The number of aromatic nitrogens is 5. The lowest BCUT2D eigenvalue weighted by molar-refractivity contribution is -0.146. The second kappa shape index (κ2) is 26.3. The van der Waals surface area contributed by atoms with Crippen LogP contribution in [0.4, 0.5) is 5.69 Å². The molecule has 0 fully saturated rings. The Morgan fingerprint density at radius 3 is 1.57 bits per heavy atom. The Kier molecular flexibility index (Phi) is 19.7. The molecule has 0 saturated carbocycles. The summed E-state index contributed by atoms with van der Waals surface area (Å²) in [4.78, 5) is 76.4. The number of hydrogen-bond acceptors (Lipinski definition) is 15. The van der Waals surface area contributed by atoms with Crippen LogP contribution < -0.4 is 15.5 Å². The van der Waals surface area contributed by atoms with Crippen LogP contribution in [0.2, 0.25) is 0 Å². The predicted octanol–water partition coefficient (Wildman–Crippen LogP) is 8.59. The summed E-state index contributed by atoms with van der Waals surface area (Å²) in [5.74, 6) is -1.60. The molecule has 72 heavy (non-hydrogen) atoms. The normalized spacial score (nSPS) is 10.3. The van der Waals surface area contributed by atoms with Crippen LogP contribution in [0.3, 0.4) is 0 Å². The van der Waals surface area contributed by atoms with E-state index in [0.717, 1.165) is 34.3 Å². The van der Waals surface area contributed by atoms with E-state index in [1.807, 2.05) is 100 Å². The Morgan fingerprint density at radius 2 is 1.10 bits per heavy atom. The van der Waals surface area contributed by atoms with E-state index >= 15 is 0 Å². The van der Waals surface area contributed by atoms with E-state index < -0.39 is 35.3 Å². The zero-order valence-corrected chi connectivity index (χ0v) is 41.7. The number of rotatable bonds is 16. The number of esters is 5. The number of para-hydroxylation sites is 2.